The van der Waals surface area contributed by atoms with Crippen molar-refractivity contribution >= 4 is 5.69 Å². The van der Waals surface area contributed by atoms with Gasteiger partial charge in [0.25, 0.3) is 5.69 Å². The van der Waals surface area contributed by atoms with E-state index in [2.05, 4.69) is 17.0 Å². The lowest BCUT2D eigenvalue weighted by Crippen LogP contribution is -2.22. The highest BCUT2D eigenvalue weighted by atomic mass is 16.6. The molecule has 0 spiro atoms. The molecule has 0 radical (unpaired) electrons. The minimum atomic E-state index is -0.381. The molecule has 0 aliphatic heterocycles. The second-order valence-electron chi connectivity index (χ2n) is 5.63. The Morgan fingerprint density at radius 3 is 2.08 bits per heavy atom. The minimum absolute atomic E-state index is 0.111. The normalized spacial score (nSPS) is 10.9. The Hall–Kier alpha value is -2.92. The smallest absolute Gasteiger partial charge is 0.269 e. The first-order valence-electron chi connectivity index (χ1n) is 7.73. The lowest BCUT2D eigenvalue weighted by Gasteiger charge is -2.21. The standard InChI is InChI=1S/C19H18N2O3/c22-21(23)18-10-8-17(9-11-18)14-20(15-19-7-4-12-24-19)13-16-5-2-1-3-6-16/h1-12H,13-15H2. The fraction of sp³-hybridized carbons (Fsp3) is 0.158. The van der Waals surface area contributed by atoms with Crippen LogP contribution in [0.4, 0.5) is 5.69 Å². The maximum Gasteiger partial charge on any atom is 0.269 e. The third kappa shape index (κ3) is 4.30. The highest BCUT2D eigenvalue weighted by Gasteiger charge is 2.11. The monoisotopic (exact) mass is 322 g/mol. The molecule has 1 aromatic heterocycles. The molecule has 0 unspecified atom stereocenters. The van der Waals surface area contributed by atoms with Gasteiger partial charge in [0.1, 0.15) is 5.76 Å². The van der Waals surface area contributed by atoms with E-state index in [0.29, 0.717) is 13.1 Å². The molecule has 0 bridgehead atoms. The Morgan fingerprint density at radius 2 is 1.50 bits per heavy atom. The van der Waals surface area contributed by atoms with E-state index in [9.17, 15) is 10.1 Å². The zero-order chi connectivity index (χ0) is 16.8. The van der Waals surface area contributed by atoms with Gasteiger partial charge in [-0.1, -0.05) is 42.5 Å². The number of benzene rings is 2. The Labute approximate surface area is 140 Å². The molecule has 0 saturated carbocycles. The molecule has 0 amide bonds. The molecule has 0 aliphatic rings. The van der Waals surface area contributed by atoms with Crippen molar-refractivity contribution in [2.45, 2.75) is 19.6 Å². The molecule has 0 saturated heterocycles. The van der Waals surface area contributed by atoms with Crippen LogP contribution in [0.5, 0.6) is 0 Å². The van der Waals surface area contributed by atoms with E-state index in [1.807, 2.05) is 30.3 Å². The lowest BCUT2D eigenvalue weighted by molar-refractivity contribution is -0.384. The van der Waals surface area contributed by atoms with E-state index in [0.717, 1.165) is 17.9 Å². The van der Waals surface area contributed by atoms with Gasteiger partial charge in [0, 0.05) is 25.2 Å². The van der Waals surface area contributed by atoms with Gasteiger partial charge in [-0.2, -0.15) is 0 Å². The van der Waals surface area contributed by atoms with Crippen molar-refractivity contribution in [1.29, 1.82) is 0 Å². The first-order valence-corrected chi connectivity index (χ1v) is 7.73. The number of nitro groups is 1. The van der Waals surface area contributed by atoms with E-state index < -0.39 is 0 Å². The Morgan fingerprint density at radius 1 is 0.833 bits per heavy atom. The number of furan rings is 1. The topological polar surface area (TPSA) is 59.5 Å². The van der Waals surface area contributed by atoms with Crippen LogP contribution < -0.4 is 0 Å². The second kappa shape index (κ2) is 7.57. The molecule has 24 heavy (non-hydrogen) atoms. The summed E-state index contributed by atoms with van der Waals surface area (Å²) in [7, 11) is 0. The Kier molecular flexibility index (Phi) is 5.03. The third-order valence-corrected chi connectivity index (χ3v) is 3.76. The summed E-state index contributed by atoms with van der Waals surface area (Å²) in [6, 6.07) is 20.7. The Bertz CT molecular complexity index is 768. The number of non-ortho nitro benzene ring substituents is 1. The molecule has 0 atom stereocenters. The summed E-state index contributed by atoms with van der Waals surface area (Å²) in [5, 5.41) is 10.8. The van der Waals surface area contributed by atoms with Crippen LogP contribution in [0.25, 0.3) is 0 Å². The van der Waals surface area contributed by atoms with Gasteiger partial charge in [0.15, 0.2) is 0 Å². The van der Waals surface area contributed by atoms with E-state index in [1.54, 1.807) is 30.5 Å². The lowest BCUT2D eigenvalue weighted by atomic mass is 10.1. The molecule has 0 N–H and O–H groups in total. The summed E-state index contributed by atoms with van der Waals surface area (Å²) in [6.45, 7) is 2.14. The molecule has 2 aromatic carbocycles. The van der Waals surface area contributed by atoms with Crippen molar-refractivity contribution < 1.29 is 9.34 Å². The third-order valence-electron chi connectivity index (χ3n) is 3.76. The van der Waals surface area contributed by atoms with Crippen LogP contribution in [0, 0.1) is 10.1 Å². The van der Waals surface area contributed by atoms with Crippen LogP contribution in [-0.2, 0) is 19.6 Å². The molecule has 5 nitrogen and oxygen atoms in total. The predicted molar refractivity (Wildman–Crippen MR) is 91.2 cm³/mol. The summed E-state index contributed by atoms with van der Waals surface area (Å²) in [5.41, 5.74) is 2.36. The number of rotatable bonds is 7. The summed E-state index contributed by atoms with van der Waals surface area (Å²) in [6.07, 6.45) is 1.67. The quantitative estimate of drug-likeness (QED) is 0.478. The summed E-state index contributed by atoms with van der Waals surface area (Å²) in [4.78, 5) is 12.6. The van der Waals surface area contributed by atoms with Gasteiger partial charge >= 0.3 is 0 Å². The van der Waals surface area contributed by atoms with E-state index in [-0.39, 0.29) is 10.6 Å². The molecule has 1 heterocycles. The van der Waals surface area contributed by atoms with Crippen LogP contribution in [0.1, 0.15) is 16.9 Å². The summed E-state index contributed by atoms with van der Waals surface area (Å²) >= 11 is 0. The number of nitro benzene ring substituents is 1. The van der Waals surface area contributed by atoms with Crippen LogP contribution >= 0.6 is 0 Å². The fourth-order valence-corrected chi connectivity index (χ4v) is 2.61. The number of nitrogens with zero attached hydrogens (tertiary/aromatic N) is 2. The highest BCUT2D eigenvalue weighted by molar-refractivity contribution is 5.32. The molecular weight excluding hydrogens is 304 g/mol. The highest BCUT2D eigenvalue weighted by Crippen LogP contribution is 2.17. The van der Waals surface area contributed by atoms with Crippen LogP contribution in [0.15, 0.2) is 77.4 Å². The maximum atomic E-state index is 10.8. The van der Waals surface area contributed by atoms with E-state index in [4.69, 9.17) is 4.42 Å². The van der Waals surface area contributed by atoms with Crippen molar-refractivity contribution in [2.24, 2.45) is 0 Å². The zero-order valence-electron chi connectivity index (χ0n) is 13.2. The summed E-state index contributed by atoms with van der Waals surface area (Å²) < 4.78 is 5.46. The molecule has 0 fully saturated rings. The van der Waals surface area contributed by atoms with Crippen molar-refractivity contribution in [3.63, 3.8) is 0 Å². The van der Waals surface area contributed by atoms with Crippen molar-refractivity contribution in [3.8, 4) is 0 Å². The summed E-state index contributed by atoms with van der Waals surface area (Å²) in [5.74, 6) is 0.896. The van der Waals surface area contributed by atoms with Crippen LogP contribution in [0.2, 0.25) is 0 Å². The first-order chi connectivity index (χ1) is 11.7. The van der Waals surface area contributed by atoms with E-state index >= 15 is 0 Å². The molecule has 0 aliphatic carbocycles. The van der Waals surface area contributed by atoms with Gasteiger partial charge < -0.3 is 4.42 Å². The molecule has 122 valence electrons. The van der Waals surface area contributed by atoms with Crippen molar-refractivity contribution in [1.82, 2.24) is 4.90 Å². The molecular formula is C19H18N2O3. The maximum absolute atomic E-state index is 10.8. The van der Waals surface area contributed by atoms with Gasteiger partial charge in [-0.25, -0.2) is 0 Å². The van der Waals surface area contributed by atoms with Gasteiger partial charge in [0.05, 0.1) is 17.7 Å². The van der Waals surface area contributed by atoms with Gasteiger partial charge in [0.2, 0.25) is 0 Å². The van der Waals surface area contributed by atoms with Crippen molar-refractivity contribution in [3.05, 3.63) is 100.0 Å². The van der Waals surface area contributed by atoms with Crippen LogP contribution in [-0.4, -0.2) is 9.82 Å². The number of hydrogen-bond donors (Lipinski definition) is 0. The first kappa shape index (κ1) is 16.0. The number of hydrogen-bond acceptors (Lipinski definition) is 4. The predicted octanol–water partition coefficient (Wildman–Crippen LogP) is 4.39. The largest absolute Gasteiger partial charge is 0.468 e. The van der Waals surface area contributed by atoms with Crippen LogP contribution in [0.3, 0.4) is 0 Å². The van der Waals surface area contributed by atoms with Gasteiger partial charge in [-0.15, -0.1) is 0 Å². The van der Waals surface area contributed by atoms with E-state index in [1.165, 1.54) is 5.56 Å². The average Bonchev–Trinajstić information content (AvgIpc) is 3.09. The Balaban J connectivity index is 1.74. The molecule has 3 aromatic rings. The second-order valence-corrected chi connectivity index (χ2v) is 5.63. The zero-order valence-corrected chi connectivity index (χ0v) is 13.2. The molecule has 3 rings (SSSR count). The van der Waals surface area contributed by atoms with Gasteiger partial charge in [-0.3, -0.25) is 15.0 Å². The molecule has 5 heteroatoms. The SMILES string of the molecule is O=[N+]([O-])c1ccc(CN(Cc2ccccc2)Cc2ccco2)cc1. The average molecular weight is 322 g/mol. The van der Waals surface area contributed by atoms with Gasteiger partial charge in [-0.05, 0) is 23.3 Å². The van der Waals surface area contributed by atoms with Crippen molar-refractivity contribution in [2.75, 3.05) is 0 Å². The fourth-order valence-electron chi connectivity index (χ4n) is 2.61. The minimum Gasteiger partial charge on any atom is -0.468 e.